The standard InChI is InChI=1S/C25H25N3O5S/c1-18-7-13-23(14-8-18)34(31,32)28(22-6-4-5-19(2)15-22)17-24(29)27-26-16-20-9-11-21(12-10-20)25(30)33-3/h4-16H,17H2,1-3H3,(H,27,29)/b26-16-. The van der Waals surface area contributed by atoms with Crippen molar-refractivity contribution in [3.8, 4) is 0 Å². The molecule has 8 nitrogen and oxygen atoms in total. The highest BCUT2D eigenvalue weighted by atomic mass is 32.2. The van der Waals surface area contributed by atoms with Crippen LogP contribution in [0.1, 0.15) is 27.0 Å². The van der Waals surface area contributed by atoms with Crippen molar-refractivity contribution >= 4 is 33.8 Å². The molecule has 0 heterocycles. The van der Waals surface area contributed by atoms with Crippen LogP contribution in [0.3, 0.4) is 0 Å². The van der Waals surface area contributed by atoms with Gasteiger partial charge in [-0.05, 0) is 61.4 Å². The van der Waals surface area contributed by atoms with Crippen molar-refractivity contribution in [3.63, 3.8) is 0 Å². The highest BCUT2D eigenvalue weighted by Gasteiger charge is 2.27. The van der Waals surface area contributed by atoms with Crippen LogP contribution in [0.15, 0.2) is 82.8 Å². The molecule has 176 valence electrons. The van der Waals surface area contributed by atoms with Gasteiger partial charge in [0.2, 0.25) is 0 Å². The predicted molar refractivity (Wildman–Crippen MR) is 130 cm³/mol. The molecule has 0 unspecified atom stereocenters. The topological polar surface area (TPSA) is 105 Å². The van der Waals surface area contributed by atoms with Crippen LogP contribution in [-0.2, 0) is 19.6 Å². The number of benzene rings is 3. The number of nitrogens with zero attached hydrogens (tertiary/aromatic N) is 2. The zero-order valence-corrected chi connectivity index (χ0v) is 19.9. The van der Waals surface area contributed by atoms with E-state index >= 15 is 0 Å². The molecule has 3 aromatic rings. The second-order valence-corrected chi connectivity index (χ2v) is 9.43. The molecule has 3 rings (SSSR count). The lowest BCUT2D eigenvalue weighted by molar-refractivity contribution is -0.119. The Balaban J connectivity index is 1.78. The van der Waals surface area contributed by atoms with Gasteiger partial charge in [0, 0.05) is 0 Å². The van der Waals surface area contributed by atoms with Gasteiger partial charge in [-0.25, -0.2) is 18.6 Å². The van der Waals surface area contributed by atoms with E-state index in [1.54, 1.807) is 54.6 Å². The largest absolute Gasteiger partial charge is 0.465 e. The molecular weight excluding hydrogens is 454 g/mol. The molecule has 0 saturated carbocycles. The normalized spacial score (nSPS) is 11.3. The van der Waals surface area contributed by atoms with Gasteiger partial charge in [-0.15, -0.1) is 0 Å². The van der Waals surface area contributed by atoms with Crippen LogP contribution in [0.5, 0.6) is 0 Å². The van der Waals surface area contributed by atoms with Gasteiger partial charge < -0.3 is 4.74 Å². The first-order valence-corrected chi connectivity index (χ1v) is 11.8. The Morgan fingerprint density at radius 3 is 2.26 bits per heavy atom. The highest BCUT2D eigenvalue weighted by molar-refractivity contribution is 7.92. The first kappa shape index (κ1) is 24.7. The van der Waals surface area contributed by atoms with E-state index < -0.39 is 28.4 Å². The number of ether oxygens (including phenoxy) is 1. The maximum atomic E-state index is 13.4. The van der Waals surface area contributed by atoms with Crippen molar-refractivity contribution < 1.29 is 22.7 Å². The van der Waals surface area contributed by atoms with Gasteiger partial charge in [0.1, 0.15) is 6.54 Å². The van der Waals surface area contributed by atoms with Crippen LogP contribution in [0.25, 0.3) is 0 Å². The SMILES string of the molecule is COC(=O)c1ccc(/C=N\NC(=O)CN(c2cccc(C)c2)S(=O)(=O)c2ccc(C)cc2)cc1. The van der Waals surface area contributed by atoms with Crippen LogP contribution in [-0.4, -0.2) is 40.2 Å². The summed E-state index contributed by atoms with van der Waals surface area (Å²) in [6.45, 7) is 3.25. The Morgan fingerprint density at radius 2 is 1.65 bits per heavy atom. The Hall–Kier alpha value is -3.98. The predicted octanol–water partition coefficient (Wildman–Crippen LogP) is 3.44. The fourth-order valence-corrected chi connectivity index (χ4v) is 4.52. The van der Waals surface area contributed by atoms with Gasteiger partial charge in [-0.2, -0.15) is 5.10 Å². The second-order valence-electron chi connectivity index (χ2n) is 7.57. The third kappa shape index (κ3) is 6.08. The number of hydrogen-bond donors (Lipinski definition) is 1. The molecule has 0 bridgehead atoms. The van der Waals surface area contributed by atoms with Crippen molar-refractivity contribution in [1.29, 1.82) is 0 Å². The number of carbonyl (C=O) groups is 2. The van der Waals surface area contributed by atoms with Gasteiger partial charge >= 0.3 is 5.97 Å². The summed E-state index contributed by atoms with van der Waals surface area (Å²) in [5.74, 6) is -1.07. The molecule has 9 heteroatoms. The first-order valence-electron chi connectivity index (χ1n) is 10.4. The lowest BCUT2D eigenvalue weighted by Gasteiger charge is -2.24. The van der Waals surface area contributed by atoms with E-state index in [1.807, 2.05) is 19.9 Å². The number of esters is 1. The number of aryl methyl sites for hydroxylation is 2. The van der Waals surface area contributed by atoms with E-state index in [-0.39, 0.29) is 4.90 Å². The third-order valence-electron chi connectivity index (χ3n) is 4.92. The highest BCUT2D eigenvalue weighted by Crippen LogP contribution is 2.24. The minimum atomic E-state index is -4.00. The lowest BCUT2D eigenvalue weighted by Crippen LogP contribution is -2.39. The molecule has 0 saturated heterocycles. The van der Waals surface area contributed by atoms with Crippen molar-refractivity contribution in [2.75, 3.05) is 18.0 Å². The van der Waals surface area contributed by atoms with E-state index in [1.165, 1.54) is 25.5 Å². The summed E-state index contributed by atoms with van der Waals surface area (Å²) in [5.41, 5.74) is 5.54. The maximum absolute atomic E-state index is 13.4. The number of rotatable bonds is 8. The van der Waals surface area contributed by atoms with E-state index in [9.17, 15) is 18.0 Å². The number of sulfonamides is 1. The molecule has 3 aromatic carbocycles. The number of methoxy groups -OCH3 is 1. The summed E-state index contributed by atoms with van der Waals surface area (Å²) < 4.78 is 32.4. The van der Waals surface area contributed by atoms with Crippen LogP contribution >= 0.6 is 0 Å². The first-order chi connectivity index (χ1) is 16.2. The Labute approximate surface area is 198 Å². The maximum Gasteiger partial charge on any atom is 0.337 e. The minimum absolute atomic E-state index is 0.0848. The van der Waals surface area contributed by atoms with Gasteiger partial charge in [0.15, 0.2) is 0 Å². The molecule has 0 aliphatic rings. The van der Waals surface area contributed by atoms with Crippen LogP contribution in [0.2, 0.25) is 0 Å². The molecule has 0 fully saturated rings. The number of hydrazone groups is 1. The Morgan fingerprint density at radius 1 is 0.971 bits per heavy atom. The molecule has 1 N–H and O–H groups in total. The summed E-state index contributed by atoms with van der Waals surface area (Å²) >= 11 is 0. The van der Waals surface area contributed by atoms with Gasteiger partial charge in [0.05, 0.1) is 29.5 Å². The minimum Gasteiger partial charge on any atom is -0.465 e. The van der Waals surface area contributed by atoms with Crippen LogP contribution < -0.4 is 9.73 Å². The molecule has 1 amide bonds. The van der Waals surface area contributed by atoms with Crippen molar-refractivity contribution in [2.45, 2.75) is 18.7 Å². The van der Waals surface area contributed by atoms with Crippen LogP contribution in [0, 0.1) is 13.8 Å². The molecular formula is C25H25N3O5S. The second kappa shape index (κ2) is 10.8. The fraction of sp³-hybridized carbons (Fsp3) is 0.160. The number of hydrogen-bond acceptors (Lipinski definition) is 6. The zero-order valence-electron chi connectivity index (χ0n) is 19.1. The summed E-state index contributed by atoms with van der Waals surface area (Å²) in [5, 5.41) is 3.90. The quantitative estimate of drug-likeness (QED) is 0.303. The van der Waals surface area contributed by atoms with E-state index in [2.05, 4.69) is 15.3 Å². The number of anilines is 1. The average molecular weight is 480 g/mol. The summed E-state index contributed by atoms with van der Waals surface area (Å²) in [4.78, 5) is 24.2. The zero-order chi connectivity index (χ0) is 24.7. The average Bonchev–Trinajstić information content (AvgIpc) is 2.82. The fourth-order valence-electron chi connectivity index (χ4n) is 3.10. The number of nitrogens with one attached hydrogen (secondary N) is 1. The molecule has 0 atom stereocenters. The summed E-state index contributed by atoms with van der Waals surface area (Å²) in [6, 6.07) is 19.8. The smallest absolute Gasteiger partial charge is 0.337 e. The molecule has 0 aliphatic carbocycles. The summed E-state index contributed by atoms with van der Waals surface area (Å²) in [7, 11) is -2.70. The van der Waals surface area contributed by atoms with Crippen LogP contribution in [0.4, 0.5) is 5.69 Å². The lowest BCUT2D eigenvalue weighted by atomic mass is 10.1. The molecule has 0 aromatic heterocycles. The number of carbonyl (C=O) groups excluding carboxylic acids is 2. The Kier molecular flexibility index (Phi) is 7.80. The molecule has 0 aliphatic heterocycles. The van der Waals surface area contributed by atoms with E-state index in [0.717, 1.165) is 15.4 Å². The Bertz CT molecular complexity index is 1300. The van der Waals surface area contributed by atoms with E-state index in [0.29, 0.717) is 16.8 Å². The van der Waals surface area contributed by atoms with Gasteiger partial charge in [-0.3, -0.25) is 9.10 Å². The van der Waals surface area contributed by atoms with Crippen molar-refractivity contribution in [3.05, 3.63) is 95.1 Å². The summed E-state index contributed by atoms with van der Waals surface area (Å²) in [6.07, 6.45) is 1.39. The van der Waals surface area contributed by atoms with Gasteiger partial charge in [0.25, 0.3) is 15.9 Å². The molecule has 0 radical (unpaired) electrons. The van der Waals surface area contributed by atoms with Gasteiger partial charge in [-0.1, -0.05) is 42.0 Å². The number of amides is 1. The van der Waals surface area contributed by atoms with Crippen molar-refractivity contribution in [1.82, 2.24) is 5.43 Å². The molecule has 34 heavy (non-hydrogen) atoms. The van der Waals surface area contributed by atoms with Crippen molar-refractivity contribution in [2.24, 2.45) is 5.10 Å². The monoisotopic (exact) mass is 479 g/mol. The molecule has 0 spiro atoms. The van der Waals surface area contributed by atoms with E-state index in [4.69, 9.17) is 0 Å². The third-order valence-corrected chi connectivity index (χ3v) is 6.71.